The molecular weight excluding hydrogens is 238 g/mol. The van der Waals surface area contributed by atoms with E-state index in [2.05, 4.69) is 10.2 Å². The number of aromatic nitrogens is 2. The molecule has 2 rings (SSSR count). The Kier molecular flexibility index (Phi) is 3.01. The molecule has 0 spiro atoms. The number of hydrogen-bond donors (Lipinski definition) is 2. The van der Waals surface area contributed by atoms with Gasteiger partial charge in [-0.15, -0.1) is 0 Å². The summed E-state index contributed by atoms with van der Waals surface area (Å²) in [5.74, 6) is -2.35. The number of rotatable bonds is 1. The number of aromatic amines is 1. The molecule has 1 aliphatic rings. The summed E-state index contributed by atoms with van der Waals surface area (Å²) < 4.78 is 50.8. The van der Waals surface area contributed by atoms with Crippen LogP contribution in [0.4, 0.5) is 23.4 Å². The Balaban J connectivity index is 2.02. The first-order valence-electron chi connectivity index (χ1n) is 5.45. The van der Waals surface area contributed by atoms with Gasteiger partial charge in [-0.3, -0.25) is 5.10 Å². The van der Waals surface area contributed by atoms with E-state index < -0.39 is 17.9 Å². The van der Waals surface area contributed by atoms with Crippen molar-refractivity contribution in [1.82, 2.24) is 10.2 Å². The standard InChI is InChI=1S/C10H13F4N3/c11-7-8(16-17-9(7)15)5-1-3-6(4-2-5)10(12,13)14/h5-6H,1-4H2,(H3,15,16,17). The van der Waals surface area contributed by atoms with Gasteiger partial charge in [-0.25, -0.2) is 4.39 Å². The highest BCUT2D eigenvalue weighted by molar-refractivity contribution is 5.33. The Bertz CT molecular complexity index is 391. The third-order valence-corrected chi connectivity index (χ3v) is 3.36. The number of halogens is 4. The van der Waals surface area contributed by atoms with Crippen LogP contribution in [0.3, 0.4) is 0 Å². The molecule has 1 aromatic rings. The first-order chi connectivity index (χ1) is 7.89. The van der Waals surface area contributed by atoms with Crippen molar-refractivity contribution >= 4 is 5.82 Å². The number of anilines is 1. The molecule has 0 bridgehead atoms. The number of nitrogen functional groups attached to an aromatic ring is 1. The quantitative estimate of drug-likeness (QED) is 0.754. The van der Waals surface area contributed by atoms with E-state index in [1.54, 1.807) is 0 Å². The summed E-state index contributed by atoms with van der Waals surface area (Å²) in [6, 6.07) is 0. The van der Waals surface area contributed by atoms with Gasteiger partial charge in [-0.1, -0.05) is 0 Å². The smallest absolute Gasteiger partial charge is 0.380 e. The molecule has 0 aliphatic heterocycles. The second-order valence-corrected chi connectivity index (χ2v) is 4.43. The maximum Gasteiger partial charge on any atom is 0.391 e. The number of nitrogens with zero attached hydrogens (tertiary/aromatic N) is 1. The van der Waals surface area contributed by atoms with Crippen LogP contribution in [0.1, 0.15) is 37.3 Å². The molecule has 0 atom stereocenters. The molecule has 1 aromatic heterocycles. The van der Waals surface area contributed by atoms with Gasteiger partial charge in [0.2, 0.25) is 0 Å². The fourth-order valence-corrected chi connectivity index (χ4v) is 2.34. The van der Waals surface area contributed by atoms with Crippen molar-refractivity contribution < 1.29 is 17.6 Å². The molecule has 96 valence electrons. The molecule has 1 saturated carbocycles. The van der Waals surface area contributed by atoms with Gasteiger partial charge < -0.3 is 5.73 Å². The lowest BCUT2D eigenvalue weighted by Gasteiger charge is -2.29. The lowest BCUT2D eigenvalue weighted by Crippen LogP contribution is -2.27. The Hall–Kier alpha value is -1.27. The highest BCUT2D eigenvalue weighted by Gasteiger charge is 2.42. The zero-order valence-corrected chi connectivity index (χ0v) is 9.02. The van der Waals surface area contributed by atoms with Gasteiger partial charge in [0.05, 0.1) is 11.6 Å². The van der Waals surface area contributed by atoms with Crippen LogP contribution >= 0.6 is 0 Å². The van der Waals surface area contributed by atoms with E-state index in [-0.39, 0.29) is 30.3 Å². The molecule has 7 heteroatoms. The summed E-state index contributed by atoms with van der Waals surface area (Å²) in [7, 11) is 0. The summed E-state index contributed by atoms with van der Waals surface area (Å²) in [5.41, 5.74) is 5.49. The molecule has 17 heavy (non-hydrogen) atoms. The number of hydrogen-bond acceptors (Lipinski definition) is 2. The normalized spacial score (nSPS) is 26.1. The molecule has 0 unspecified atom stereocenters. The largest absolute Gasteiger partial charge is 0.391 e. The summed E-state index contributed by atoms with van der Waals surface area (Å²) in [5, 5.41) is 5.98. The number of nitrogens with one attached hydrogen (secondary N) is 1. The van der Waals surface area contributed by atoms with Crippen molar-refractivity contribution in [1.29, 1.82) is 0 Å². The molecule has 0 saturated heterocycles. The highest BCUT2D eigenvalue weighted by Crippen LogP contribution is 2.43. The Morgan fingerprint density at radius 2 is 1.76 bits per heavy atom. The minimum absolute atomic E-state index is 0.0343. The second kappa shape index (κ2) is 4.19. The molecule has 1 aliphatic carbocycles. The minimum atomic E-state index is -4.14. The SMILES string of the molecule is Nc1n[nH]c(C2CCC(C(F)(F)F)CC2)c1F. The van der Waals surface area contributed by atoms with Gasteiger partial charge in [0.1, 0.15) is 0 Å². The number of H-pyrrole nitrogens is 1. The molecule has 3 nitrogen and oxygen atoms in total. The minimum Gasteiger partial charge on any atom is -0.380 e. The van der Waals surface area contributed by atoms with E-state index in [4.69, 9.17) is 5.73 Å². The monoisotopic (exact) mass is 251 g/mol. The predicted molar refractivity (Wildman–Crippen MR) is 53.7 cm³/mol. The predicted octanol–water partition coefficient (Wildman–Crippen LogP) is 2.97. The van der Waals surface area contributed by atoms with Crippen molar-refractivity contribution in [2.45, 2.75) is 37.8 Å². The van der Waals surface area contributed by atoms with Crippen molar-refractivity contribution in [3.63, 3.8) is 0 Å². The lowest BCUT2D eigenvalue weighted by atomic mass is 9.80. The second-order valence-electron chi connectivity index (χ2n) is 4.43. The Labute approximate surface area is 95.4 Å². The fraction of sp³-hybridized carbons (Fsp3) is 0.700. The van der Waals surface area contributed by atoms with E-state index in [1.807, 2.05) is 0 Å². The van der Waals surface area contributed by atoms with Crippen LogP contribution < -0.4 is 5.73 Å². The van der Waals surface area contributed by atoms with E-state index >= 15 is 0 Å². The summed E-state index contributed by atoms with van der Waals surface area (Å²) in [6.45, 7) is 0. The van der Waals surface area contributed by atoms with Gasteiger partial charge in [-0.05, 0) is 25.7 Å². The maximum absolute atomic E-state index is 13.4. The van der Waals surface area contributed by atoms with Crippen LogP contribution in [0.15, 0.2) is 0 Å². The molecule has 1 fully saturated rings. The zero-order chi connectivity index (χ0) is 12.6. The Morgan fingerprint density at radius 1 is 1.18 bits per heavy atom. The van der Waals surface area contributed by atoms with Crippen molar-refractivity contribution in [2.24, 2.45) is 5.92 Å². The first-order valence-corrected chi connectivity index (χ1v) is 5.45. The third kappa shape index (κ3) is 2.37. The summed E-state index contributed by atoms with van der Waals surface area (Å²) in [6.07, 6.45) is -3.46. The van der Waals surface area contributed by atoms with Gasteiger partial charge in [-0.2, -0.15) is 18.3 Å². The van der Waals surface area contributed by atoms with Crippen LogP contribution in [-0.2, 0) is 0 Å². The van der Waals surface area contributed by atoms with E-state index in [9.17, 15) is 17.6 Å². The van der Waals surface area contributed by atoms with Crippen LogP contribution in [0.2, 0.25) is 0 Å². The number of alkyl halides is 3. The molecule has 1 heterocycles. The summed E-state index contributed by atoms with van der Waals surface area (Å²) in [4.78, 5) is 0. The van der Waals surface area contributed by atoms with E-state index in [1.165, 1.54) is 0 Å². The third-order valence-electron chi connectivity index (χ3n) is 3.36. The molecule has 0 radical (unpaired) electrons. The fourth-order valence-electron chi connectivity index (χ4n) is 2.34. The Morgan fingerprint density at radius 3 is 2.18 bits per heavy atom. The molecule has 3 N–H and O–H groups in total. The first kappa shape index (κ1) is 12.2. The highest BCUT2D eigenvalue weighted by atomic mass is 19.4. The van der Waals surface area contributed by atoms with Crippen LogP contribution in [0, 0.1) is 11.7 Å². The number of nitrogens with two attached hydrogens (primary N) is 1. The van der Waals surface area contributed by atoms with Crippen LogP contribution in [0.5, 0.6) is 0 Å². The van der Waals surface area contributed by atoms with Crippen molar-refractivity contribution in [3.8, 4) is 0 Å². The van der Waals surface area contributed by atoms with Gasteiger partial charge in [0.15, 0.2) is 11.6 Å². The van der Waals surface area contributed by atoms with Gasteiger partial charge in [0.25, 0.3) is 0 Å². The average Bonchev–Trinajstić information content (AvgIpc) is 2.59. The lowest BCUT2D eigenvalue weighted by molar-refractivity contribution is -0.182. The van der Waals surface area contributed by atoms with Gasteiger partial charge >= 0.3 is 6.18 Å². The van der Waals surface area contributed by atoms with Crippen molar-refractivity contribution in [3.05, 3.63) is 11.5 Å². The average molecular weight is 251 g/mol. The van der Waals surface area contributed by atoms with Crippen LogP contribution in [-0.4, -0.2) is 16.4 Å². The van der Waals surface area contributed by atoms with E-state index in [0.29, 0.717) is 12.8 Å². The van der Waals surface area contributed by atoms with Crippen molar-refractivity contribution in [2.75, 3.05) is 5.73 Å². The van der Waals surface area contributed by atoms with E-state index in [0.717, 1.165) is 0 Å². The molecular formula is C10H13F4N3. The summed E-state index contributed by atoms with van der Waals surface area (Å²) >= 11 is 0. The van der Waals surface area contributed by atoms with Crippen LogP contribution in [0.25, 0.3) is 0 Å². The topological polar surface area (TPSA) is 54.7 Å². The molecule has 0 aromatic carbocycles. The maximum atomic E-state index is 13.4. The zero-order valence-electron chi connectivity index (χ0n) is 9.02. The van der Waals surface area contributed by atoms with Gasteiger partial charge in [0, 0.05) is 5.92 Å². The molecule has 0 amide bonds.